The van der Waals surface area contributed by atoms with E-state index in [1.165, 1.54) is 6.21 Å². The van der Waals surface area contributed by atoms with Crippen LogP contribution in [0.5, 0.6) is 11.5 Å². The second kappa shape index (κ2) is 6.01. The molecule has 1 aliphatic heterocycles. The van der Waals surface area contributed by atoms with Crippen molar-refractivity contribution in [3.8, 4) is 11.5 Å². The summed E-state index contributed by atoms with van der Waals surface area (Å²) in [4.78, 5) is 12.1. The molecule has 0 radical (unpaired) electrons. The topological polar surface area (TPSA) is 73.1 Å². The molecule has 1 aromatic heterocycles. The van der Waals surface area contributed by atoms with Crippen molar-refractivity contribution in [1.29, 1.82) is 0 Å². The van der Waals surface area contributed by atoms with Crippen LogP contribution in [0.25, 0.3) is 11.0 Å². The average Bonchev–Trinajstić information content (AvgIpc) is 3.20. The predicted octanol–water partition coefficient (Wildman–Crippen LogP) is 3.69. The molecule has 1 amide bonds. The van der Waals surface area contributed by atoms with Gasteiger partial charge in [-0.25, -0.2) is 5.43 Å². The normalized spacial score (nSPS) is 12.9. The Morgan fingerprint density at radius 2 is 1.96 bits per heavy atom. The number of carbonyl (C=O) groups is 1. The zero-order valence-corrected chi connectivity index (χ0v) is 13.9. The molecule has 4 rings (SSSR count). The quantitative estimate of drug-likeness (QED) is 0.550. The number of furan rings is 1. The van der Waals surface area contributed by atoms with Crippen molar-refractivity contribution in [2.75, 3.05) is 6.79 Å². The van der Waals surface area contributed by atoms with Gasteiger partial charge in [0.2, 0.25) is 6.79 Å². The van der Waals surface area contributed by atoms with Crippen LogP contribution in [-0.2, 0) is 0 Å². The Bertz CT molecular complexity index is 931. The number of hydrazone groups is 1. The number of hydrogen-bond acceptors (Lipinski definition) is 5. The lowest BCUT2D eigenvalue weighted by atomic mass is 10.2. The van der Waals surface area contributed by atoms with Gasteiger partial charge in [-0.2, -0.15) is 5.10 Å². The summed E-state index contributed by atoms with van der Waals surface area (Å²) < 4.78 is 16.9. The number of fused-ring (bicyclic) bond motifs is 2. The summed E-state index contributed by atoms with van der Waals surface area (Å²) >= 11 is 3.43. The number of amides is 1. The molecular weight excluding hydrogens is 376 g/mol. The number of carbonyl (C=O) groups excluding carboxylic acids is 1. The van der Waals surface area contributed by atoms with Crippen LogP contribution < -0.4 is 14.9 Å². The van der Waals surface area contributed by atoms with Crippen LogP contribution in [0.3, 0.4) is 0 Å². The van der Waals surface area contributed by atoms with Gasteiger partial charge in [-0.1, -0.05) is 18.2 Å². The van der Waals surface area contributed by atoms with Gasteiger partial charge in [0.1, 0.15) is 5.58 Å². The molecule has 120 valence electrons. The van der Waals surface area contributed by atoms with Gasteiger partial charge < -0.3 is 13.9 Å². The third kappa shape index (κ3) is 2.74. The molecule has 0 spiro atoms. The number of ether oxygens (including phenoxy) is 2. The Balaban J connectivity index is 1.50. The highest BCUT2D eigenvalue weighted by molar-refractivity contribution is 9.10. The second-order valence-corrected chi connectivity index (χ2v) is 5.93. The van der Waals surface area contributed by atoms with Crippen LogP contribution in [0.1, 0.15) is 16.1 Å². The minimum absolute atomic E-state index is 0.200. The van der Waals surface area contributed by atoms with Gasteiger partial charge in [0.25, 0.3) is 0 Å². The predicted molar refractivity (Wildman–Crippen MR) is 91.5 cm³/mol. The van der Waals surface area contributed by atoms with E-state index in [4.69, 9.17) is 13.9 Å². The molecule has 1 aliphatic rings. The summed E-state index contributed by atoms with van der Waals surface area (Å²) in [6.07, 6.45) is 1.52. The van der Waals surface area contributed by atoms with Crippen LogP contribution in [0.15, 0.2) is 56.5 Å². The lowest BCUT2D eigenvalue weighted by Crippen LogP contribution is -2.16. The highest BCUT2D eigenvalue weighted by atomic mass is 79.9. The number of hydrogen-bond donors (Lipinski definition) is 1. The molecule has 24 heavy (non-hydrogen) atoms. The number of para-hydroxylation sites is 1. The lowest BCUT2D eigenvalue weighted by molar-refractivity contribution is 0.0929. The minimum atomic E-state index is -0.417. The third-order valence-electron chi connectivity index (χ3n) is 3.51. The molecule has 1 N–H and O–H groups in total. The van der Waals surface area contributed by atoms with Crippen LogP contribution in [-0.4, -0.2) is 18.9 Å². The molecular formula is C17H11BrN2O4. The summed E-state index contributed by atoms with van der Waals surface area (Å²) in [5.74, 6) is 1.10. The van der Waals surface area contributed by atoms with E-state index in [-0.39, 0.29) is 12.6 Å². The fourth-order valence-electron chi connectivity index (χ4n) is 2.34. The second-order valence-electron chi connectivity index (χ2n) is 5.07. The molecule has 0 fully saturated rings. The van der Waals surface area contributed by atoms with E-state index in [1.54, 1.807) is 24.3 Å². The summed E-state index contributed by atoms with van der Waals surface area (Å²) in [5.41, 5.74) is 3.86. The molecule has 2 heterocycles. The molecule has 0 saturated heterocycles. The number of nitrogens with one attached hydrogen (secondary N) is 1. The lowest BCUT2D eigenvalue weighted by Gasteiger charge is -2.01. The molecule has 0 aliphatic carbocycles. The zero-order valence-electron chi connectivity index (χ0n) is 12.3. The Morgan fingerprint density at radius 1 is 1.17 bits per heavy atom. The van der Waals surface area contributed by atoms with E-state index in [0.717, 1.165) is 15.4 Å². The van der Waals surface area contributed by atoms with Crippen molar-refractivity contribution < 1.29 is 18.7 Å². The van der Waals surface area contributed by atoms with Gasteiger partial charge in [0.05, 0.1) is 6.21 Å². The van der Waals surface area contributed by atoms with Crippen molar-refractivity contribution in [3.05, 3.63) is 58.3 Å². The van der Waals surface area contributed by atoms with Gasteiger partial charge in [-0.05, 0) is 40.2 Å². The van der Waals surface area contributed by atoms with Crippen molar-refractivity contribution >= 4 is 39.0 Å². The molecule has 0 atom stereocenters. The first-order valence-corrected chi connectivity index (χ1v) is 7.91. The third-order valence-corrected chi connectivity index (χ3v) is 4.20. The zero-order chi connectivity index (χ0) is 16.5. The number of rotatable bonds is 3. The first-order valence-electron chi connectivity index (χ1n) is 7.12. The Hall–Kier alpha value is -2.80. The van der Waals surface area contributed by atoms with Crippen LogP contribution in [0, 0.1) is 0 Å². The Morgan fingerprint density at radius 3 is 2.79 bits per heavy atom. The van der Waals surface area contributed by atoms with Gasteiger partial charge in [-0.3, -0.25) is 4.79 Å². The van der Waals surface area contributed by atoms with Crippen molar-refractivity contribution in [2.45, 2.75) is 0 Å². The monoisotopic (exact) mass is 386 g/mol. The van der Waals surface area contributed by atoms with Crippen molar-refractivity contribution in [2.24, 2.45) is 5.10 Å². The maximum atomic E-state index is 12.1. The van der Waals surface area contributed by atoms with E-state index in [1.807, 2.05) is 18.2 Å². The minimum Gasteiger partial charge on any atom is -0.454 e. The van der Waals surface area contributed by atoms with E-state index >= 15 is 0 Å². The van der Waals surface area contributed by atoms with Gasteiger partial charge >= 0.3 is 5.91 Å². The van der Waals surface area contributed by atoms with Crippen molar-refractivity contribution in [1.82, 2.24) is 5.43 Å². The van der Waals surface area contributed by atoms with E-state index in [0.29, 0.717) is 17.1 Å². The maximum Gasteiger partial charge on any atom is 0.307 e. The average molecular weight is 387 g/mol. The van der Waals surface area contributed by atoms with Crippen LogP contribution in [0.4, 0.5) is 0 Å². The van der Waals surface area contributed by atoms with Gasteiger partial charge in [-0.15, -0.1) is 0 Å². The first-order chi connectivity index (χ1) is 11.7. The summed E-state index contributed by atoms with van der Waals surface area (Å²) in [6.45, 7) is 0.200. The SMILES string of the molecule is O=C(N/N=C/c1cc2c(cc1Br)OCO2)c1cc2ccccc2o1. The molecule has 2 aromatic carbocycles. The maximum absolute atomic E-state index is 12.1. The Kier molecular flexibility index (Phi) is 3.70. The smallest absolute Gasteiger partial charge is 0.307 e. The summed E-state index contributed by atoms with van der Waals surface area (Å²) in [7, 11) is 0. The molecule has 0 unspecified atom stereocenters. The molecule has 0 bridgehead atoms. The molecule has 0 saturated carbocycles. The summed E-state index contributed by atoms with van der Waals surface area (Å²) in [6, 6.07) is 12.7. The van der Waals surface area contributed by atoms with Crippen LogP contribution >= 0.6 is 15.9 Å². The van der Waals surface area contributed by atoms with E-state index < -0.39 is 5.91 Å². The standard InChI is InChI=1S/C17H11BrN2O4/c18-12-7-15-14(22-9-23-15)6-11(12)8-19-20-17(21)16-5-10-3-1-2-4-13(10)24-16/h1-8H,9H2,(H,20,21)/b19-8+. The highest BCUT2D eigenvalue weighted by Crippen LogP contribution is 2.36. The largest absolute Gasteiger partial charge is 0.454 e. The highest BCUT2D eigenvalue weighted by Gasteiger charge is 2.16. The fraction of sp³-hybridized carbons (Fsp3) is 0.0588. The number of nitrogens with zero attached hydrogens (tertiary/aromatic N) is 1. The van der Waals surface area contributed by atoms with E-state index in [9.17, 15) is 4.79 Å². The fourth-order valence-corrected chi connectivity index (χ4v) is 2.77. The molecule has 6 nitrogen and oxygen atoms in total. The van der Waals surface area contributed by atoms with Gasteiger partial charge in [0, 0.05) is 15.4 Å². The number of benzene rings is 2. The molecule has 7 heteroatoms. The van der Waals surface area contributed by atoms with Crippen LogP contribution in [0.2, 0.25) is 0 Å². The molecule has 3 aromatic rings. The number of halogens is 1. The first kappa shape index (κ1) is 14.8. The van der Waals surface area contributed by atoms with Gasteiger partial charge in [0.15, 0.2) is 17.3 Å². The van der Waals surface area contributed by atoms with E-state index in [2.05, 4.69) is 26.5 Å². The Labute approximate surface area is 145 Å². The van der Waals surface area contributed by atoms with Crippen molar-refractivity contribution in [3.63, 3.8) is 0 Å². The summed E-state index contributed by atoms with van der Waals surface area (Å²) in [5, 5.41) is 4.83.